The molecule has 11 nitrogen and oxygen atoms in total. The topological polar surface area (TPSA) is 169 Å². The third kappa shape index (κ3) is 47.0. The molecule has 3 atom stereocenters. The van der Waals surface area contributed by atoms with Gasteiger partial charge in [0.2, 0.25) is 5.91 Å². The Balaban J connectivity index is 3.75. The average Bonchev–Trinajstić information content (AvgIpc) is 3.27. The van der Waals surface area contributed by atoms with Crippen LogP contribution in [0, 0.1) is 0 Å². The lowest BCUT2D eigenvalue weighted by Gasteiger charge is -2.18. The van der Waals surface area contributed by atoms with E-state index in [-0.39, 0.29) is 12.8 Å². The van der Waals surface area contributed by atoms with Gasteiger partial charge in [-0.25, -0.2) is 9.36 Å². The van der Waals surface area contributed by atoms with Crippen LogP contribution in [0.25, 0.3) is 0 Å². The first kappa shape index (κ1) is 62.5. The molecule has 0 aliphatic rings. The van der Waals surface area contributed by atoms with Crippen LogP contribution < -0.4 is 5.32 Å². The summed E-state index contributed by atoms with van der Waals surface area (Å²) in [6.45, 7) is 2.67. The first-order chi connectivity index (χ1) is 31.1. The standard InChI is InChI=1S/C52H102NO10P/c1-3-5-7-9-11-13-15-17-19-21-23-24-25-26-27-29-31-33-35-37-39-41-43-50(55)53-49(52(57)58)47-63-64(59,60)62-46-48(54)45-61-51(56)44-42-40-38-36-34-32-30-28-22-20-18-16-14-12-10-8-6-4-2/h48-49,54H,3-47H2,1-2H3,(H,53,55)(H,57,58)(H,59,60). The van der Waals surface area contributed by atoms with E-state index >= 15 is 0 Å². The van der Waals surface area contributed by atoms with Gasteiger partial charge in [-0.1, -0.05) is 258 Å². The molecule has 1 amide bonds. The van der Waals surface area contributed by atoms with Crippen LogP contribution in [0.5, 0.6) is 0 Å². The molecule has 0 saturated carbocycles. The highest BCUT2D eigenvalue weighted by molar-refractivity contribution is 7.47. The number of phosphoric acid groups is 1. The minimum Gasteiger partial charge on any atom is -0.480 e. The number of aliphatic hydroxyl groups is 1. The van der Waals surface area contributed by atoms with Crippen molar-refractivity contribution in [3.63, 3.8) is 0 Å². The Morgan fingerprint density at radius 1 is 0.438 bits per heavy atom. The highest BCUT2D eigenvalue weighted by atomic mass is 31.2. The molecule has 3 unspecified atom stereocenters. The molecular formula is C52H102NO10P. The normalized spacial score (nSPS) is 13.4. The van der Waals surface area contributed by atoms with Crippen LogP contribution in [0.1, 0.15) is 284 Å². The van der Waals surface area contributed by atoms with Crippen LogP contribution >= 0.6 is 7.82 Å². The number of hydrogen-bond donors (Lipinski definition) is 4. The molecule has 380 valence electrons. The minimum absolute atomic E-state index is 0.153. The molecule has 0 aromatic rings. The number of ether oxygens (including phenoxy) is 1. The van der Waals surface area contributed by atoms with Gasteiger partial charge in [-0.15, -0.1) is 0 Å². The predicted molar refractivity (Wildman–Crippen MR) is 264 cm³/mol. The molecule has 0 aromatic heterocycles. The van der Waals surface area contributed by atoms with E-state index < -0.39 is 57.6 Å². The number of nitrogens with one attached hydrogen (secondary N) is 1. The van der Waals surface area contributed by atoms with Crippen molar-refractivity contribution < 1.29 is 47.8 Å². The Morgan fingerprint density at radius 3 is 1.03 bits per heavy atom. The Kier molecular flexibility index (Phi) is 46.8. The Bertz CT molecular complexity index is 1090. The Labute approximate surface area is 393 Å². The number of esters is 1. The van der Waals surface area contributed by atoms with Crippen LogP contribution in [-0.2, 0) is 32.7 Å². The van der Waals surface area contributed by atoms with Crippen LogP contribution in [0.3, 0.4) is 0 Å². The summed E-state index contributed by atoms with van der Waals surface area (Å²) in [5.41, 5.74) is 0. The number of aliphatic hydroxyl groups excluding tert-OH is 1. The number of amides is 1. The molecule has 0 rings (SSSR count). The fourth-order valence-corrected chi connectivity index (χ4v) is 8.97. The van der Waals surface area contributed by atoms with E-state index in [0.717, 1.165) is 38.5 Å². The molecule has 0 heterocycles. The van der Waals surface area contributed by atoms with Gasteiger partial charge in [-0.3, -0.25) is 18.6 Å². The summed E-state index contributed by atoms with van der Waals surface area (Å²) in [6.07, 6.45) is 49.8. The van der Waals surface area contributed by atoms with Gasteiger partial charge in [0.15, 0.2) is 6.04 Å². The van der Waals surface area contributed by atoms with Crippen LogP contribution in [0.2, 0.25) is 0 Å². The number of carbonyl (C=O) groups is 3. The van der Waals surface area contributed by atoms with Crippen LogP contribution in [-0.4, -0.2) is 64.9 Å². The Hall–Kier alpha value is -1.52. The second-order valence-electron chi connectivity index (χ2n) is 18.8. The van der Waals surface area contributed by atoms with Crippen molar-refractivity contribution in [3.8, 4) is 0 Å². The summed E-state index contributed by atoms with van der Waals surface area (Å²) in [5, 5.41) is 22.0. The highest BCUT2D eigenvalue weighted by Gasteiger charge is 2.28. The maximum Gasteiger partial charge on any atom is 0.472 e. The van der Waals surface area contributed by atoms with Gasteiger partial charge in [-0.05, 0) is 12.8 Å². The van der Waals surface area contributed by atoms with Crippen LogP contribution in [0.4, 0.5) is 0 Å². The van der Waals surface area contributed by atoms with Crippen LogP contribution in [0.15, 0.2) is 0 Å². The van der Waals surface area contributed by atoms with Gasteiger partial charge in [-0.2, -0.15) is 0 Å². The molecular weight excluding hydrogens is 830 g/mol. The van der Waals surface area contributed by atoms with Gasteiger partial charge >= 0.3 is 19.8 Å². The summed E-state index contributed by atoms with van der Waals surface area (Å²) < 4.78 is 27.0. The van der Waals surface area contributed by atoms with Gasteiger partial charge in [0.05, 0.1) is 13.2 Å². The summed E-state index contributed by atoms with van der Waals surface area (Å²) in [6, 6.07) is -1.54. The third-order valence-corrected chi connectivity index (χ3v) is 13.3. The molecule has 0 aliphatic heterocycles. The highest BCUT2D eigenvalue weighted by Crippen LogP contribution is 2.43. The average molecular weight is 932 g/mol. The lowest BCUT2D eigenvalue weighted by atomic mass is 10.0. The molecule has 4 N–H and O–H groups in total. The number of unbranched alkanes of at least 4 members (excludes halogenated alkanes) is 38. The van der Waals surface area contributed by atoms with Crippen molar-refractivity contribution in [1.29, 1.82) is 0 Å². The first-order valence-corrected chi connectivity index (χ1v) is 28.6. The molecule has 0 aromatic carbocycles. The summed E-state index contributed by atoms with van der Waals surface area (Å²) in [7, 11) is -4.76. The number of carboxylic acids is 1. The minimum atomic E-state index is -4.76. The van der Waals surface area contributed by atoms with Gasteiger partial charge < -0.3 is 25.2 Å². The number of rotatable bonds is 52. The van der Waals surface area contributed by atoms with E-state index in [9.17, 15) is 34.1 Å². The van der Waals surface area contributed by atoms with E-state index in [1.807, 2.05) is 0 Å². The molecule has 64 heavy (non-hydrogen) atoms. The largest absolute Gasteiger partial charge is 0.480 e. The molecule has 12 heteroatoms. The number of hydrogen-bond acceptors (Lipinski definition) is 8. The third-order valence-electron chi connectivity index (χ3n) is 12.4. The summed E-state index contributed by atoms with van der Waals surface area (Å²) in [5.74, 6) is -2.34. The van der Waals surface area contributed by atoms with Crippen molar-refractivity contribution in [3.05, 3.63) is 0 Å². The monoisotopic (exact) mass is 932 g/mol. The SMILES string of the molecule is CCCCCCCCCCCCCCCCCCCCCCCCC(=O)NC(COP(=O)(O)OCC(O)COC(=O)CCCCCCCCCCCCCCCCCCCC)C(=O)O. The van der Waals surface area contributed by atoms with E-state index in [2.05, 4.69) is 19.2 Å². The zero-order chi connectivity index (χ0) is 47.0. The van der Waals surface area contributed by atoms with Gasteiger partial charge in [0.1, 0.15) is 12.7 Å². The second kappa shape index (κ2) is 48.0. The summed E-state index contributed by atoms with van der Waals surface area (Å²) in [4.78, 5) is 46.2. The van der Waals surface area contributed by atoms with Crippen molar-refractivity contribution in [1.82, 2.24) is 5.32 Å². The number of carboxylic acid groups (broad SMARTS) is 1. The zero-order valence-electron chi connectivity index (χ0n) is 41.6. The smallest absolute Gasteiger partial charge is 0.472 e. The van der Waals surface area contributed by atoms with E-state index in [1.54, 1.807) is 0 Å². The maximum atomic E-state index is 12.4. The molecule has 0 bridgehead atoms. The van der Waals surface area contributed by atoms with Gasteiger partial charge in [0, 0.05) is 12.8 Å². The van der Waals surface area contributed by atoms with Gasteiger partial charge in [0.25, 0.3) is 0 Å². The number of aliphatic carboxylic acids is 1. The van der Waals surface area contributed by atoms with E-state index in [1.165, 1.54) is 205 Å². The van der Waals surface area contributed by atoms with Crippen molar-refractivity contribution in [2.75, 3.05) is 19.8 Å². The first-order valence-electron chi connectivity index (χ1n) is 27.1. The molecule has 0 spiro atoms. The summed E-state index contributed by atoms with van der Waals surface area (Å²) >= 11 is 0. The zero-order valence-corrected chi connectivity index (χ0v) is 42.5. The second-order valence-corrected chi connectivity index (χ2v) is 20.2. The fourth-order valence-electron chi connectivity index (χ4n) is 8.20. The van der Waals surface area contributed by atoms with Crippen molar-refractivity contribution >= 4 is 25.7 Å². The van der Waals surface area contributed by atoms with E-state index in [4.69, 9.17) is 13.8 Å². The lowest BCUT2D eigenvalue weighted by Crippen LogP contribution is -2.43. The van der Waals surface area contributed by atoms with E-state index in [0.29, 0.717) is 12.8 Å². The molecule has 0 fully saturated rings. The number of phosphoric ester groups is 1. The fraction of sp³-hybridized carbons (Fsp3) is 0.942. The molecule has 0 aliphatic carbocycles. The van der Waals surface area contributed by atoms with Crippen molar-refractivity contribution in [2.24, 2.45) is 0 Å². The number of carbonyl (C=O) groups excluding carboxylic acids is 2. The quantitative estimate of drug-likeness (QED) is 0.0262. The predicted octanol–water partition coefficient (Wildman–Crippen LogP) is 15.0. The lowest BCUT2D eigenvalue weighted by molar-refractivity contribution is -0.147. The Morgan fingerprint density at radius 2 is 0.719 bits per heavy atom. The maximum absolute atomic E-state index is 12.4. The molecule has 0 radical (unpaired) electrons. The molecule has 0 saturated heterocycles. The van der Waals surface area contributed by atoms with Crippen molar-refractivity contribution in [2.45, 2.75) is 296 Å².